The van der Waals surface area contributed by atoms with Crippen LogP contribution < -0.4 is 0 Å². The van der Waals surface area contributed by atoms with Crippen LogP contribution in [0, 0.1) is 11.8 Å². The Labute approximate surface area is 61.7 Å². The van der Waals surface area contributed by atoms with Crippen molar-refractivity contribution in [1.82, 2.24) is 0 Å². The molecule has 0 bridgehead atoms. The Kier molecular flexibility index (Phi) is 2.23. The van der Waals surface area contributed by atoms with Gasteiger partial charge >= 0.3 is 0 Å². The average Bonchev–Trinajstić information content (AvgIpc) is 2.44. The number of hydrogen-bond donors (Lipinski definition) is 0. The lowest BCUT2D eigenvalue weighted by Crippen LogP contribution is -1.78. The quantitative estimate of drug-likeness (QED) is 0.546. The fourth-order valence-electron chi connectivity index (χ4n) is 1.26. The maximum atomic E-state index is 3.79. The molecule has 0 nitrogen and oxygen atoms in total. The molecule has 1 aliphatic carbocycles. The summed E-state index contributed by atoms with van der Waals surface area (Å²) in [7, 11) is 0. The topological polar surface area (TPSA) is 0 Å². The van der Waals surface area contributed by atoms with E-state index in [0.717, 1.165) is 17.1 Å². The molecule has 3 unspecified atom stereocenters. The van der Waals surface area contributed by atoms with Gasteiger partial charge in [0, 0.05) is 5.25 Å². The van der Waals surface area contributed by atoms with Gasteiger partial charge in [0.1, 0.15) is 0 Å². The first-order chi connectivity index (χ1) is 4.31. The van der Waals surface area contributed by atoms with E-state index in [1.807, 2.05) is 0 Å². The van der Waals surface area contributed by atoms with Gasteiger partial charge in [0.25, 0.3) is 0 Å². The molecule has 9 heavy (non-hydrogen) atoms. The Bertz CT molecular complexity index is 109. The molecule has 0 N–H and O–H groups in total. The van der Waals surface area contributed by atoms with Gasteiger partial charge in [-0.15, -0.1) is 6.58 Å². The zero-order valence-corrected chi connectivity index (χ0v) is 6.95. The van der Waals surface area contributed by atoms with Crippen molar-refractivity contribution in [3.63, 3.8) is 0 Å². The van der Waals surface area contributed by atoms with Gasteiger partial charge in [-0.05, 0) is 17.6 Å². The number of rotatable bonds is 3. The molecule has 0 saturated heterocycles. The summed E-state index contributed by atoms with van der Waals surface area (Å²) < 4.78 is 0. The van der Waals surface area contributed by atoms with Gasteiger partial charge in [0.15, 0.2) is 0 Å². The van der Waals surface area contributed by atoms with E-state index in [4.69, 9.17) is 0 Å². The molecule has 0 spiro atoms. The third-order valence-electron chi connectivity index (χ3n) is 2.00. The molecule has 0 heterocycles. The third-order valence-corrected chi connectivity index (χ3v) is 3.46. The first-order valence-electron chi connectivity index (χ1n) is 3.55. The largest absolute Gasteiger partial charge is 0.158 e. The van der Waals surface area contributed by atoms with Crippen molar-refractivity contribution in [3.05, 3.63) is 12.7 Å². The molecule has 0 aromatic rings. The van der Waals surface area contributed by atoms with Crippen LogP contribution in [-0.4, -0.2) is 11.0 Å². The highest BCUT2D eigenvalue weighted by molar-refractivity contribution is 8.00. The molecule has 52 valence electrons. The van der Waals surface area contributed by atoms with E-state index in [1.165, 1.54) is 5.75 Å². The SMILES string of the molecule is C=CC1C(C)C1SCC. The number of hydrogen-bond acceptors (Lipinski definition) is 1. The minimum absolute atomic E-state index is 0.815. The van der Waals surface area contributed by atoms with Crippen LogP contribution in [0.2, 0.25) is 0 Å². The second-order valence-corrected chi connectivity index (χ2v) is 4.05. The number of thioether (sulfide) groups is 1. The molecule has 0 aromatic heterocycles. The Morgan fingerprint density at radius 3 is 2.67 bits per heavy atom. The third kappa shape index (κ3) is 1.32. The Morgan fingerprint density at radius 1 is 1.67 bits per heavy atom. The molecule has 0 amide bonds. The minimum Gasteiger partial charge on any atom is -0.158 e. The second kappa shape index (κ2) is 2.78. The van der Waals surface area contributed by atoms with Crippen molar-refractivity contribution < 1.29 is 0 Å². The van der Waals surface area contributed by atoms with Gasteiger partial charge in [0.05, 0.1) is 0 Å². The maximum Gasteiger partial charge on any atom is 0.0144 e. The van der Waals surface area contributed by atoms with Crippen molar-refractivity contribution in [2.75, 3.05) is 5.75 Å². The zero-order chi connectivity index (χ0) is 6.85. The first-order valence-corrected chi connectivity index (χ1v) is 4.60. The Morgan fingerprint density at radius 2 is 2.33 bits per heavy atom. The van der Waals surface area contributed by atoms with Crippen LogP contribution in [0.5, 0.6) is 0 Å². The van der Waals surface area contributed by atoms with Crippen molar-refractivity contribution in [2.24, 2.45) is 11.8 Å². The van der Waals surface area contributed by atoms with Gasteiger partial charge in [0.2, 0.25) is 0 Å². The molecule has 1 aliphatic rings. The molecule has 0 aromatic carbocycles. The standard InChI is InChI=1S/C8H14S/c1-4-7-6(3)8(7)9-5-2/h4,6-8H,1,5H2,2-3H3. The van der Waals surface area contributed by atoms with Crippen LogP contribution in [0.15, 0.2) is 12.7 Å². The van der Waals surface area contributed by atoms with E-state index >= 15 is 0 Å². The van der Waals surface area contributed by atoms with E-state index in [0.29, 0.717) is 0 Å². The molecular weight excluding hydrogens is 128 g/mol. The van der Waals surface area contributed by atoms with E-state index in [2.05, 4.69) is 38.3 Å². The van der Waals surface area contributed by atoms with Gasteiger partial charge < -0.3 is 0 Å². The monoisotopic (exact) mass is 142 g/mol. The fraction of sp³-hybridized carbons (Fsp3) is 0.750. The summed E-state index contributed by atoms with van der Waals surface area (Å²) in [5.41, 5.74) is 0. The van der Waals surface area contributed by atoms with Crippen LogP contribution in [0.25, 0.3) is 0 Å². The van der Waals surface area contributed by atoms with E-state index < -0.39 is 0 Å². The lowest BCUT2D eigenvalue weighted by atomic mass is 10.3. The van der Waals surface area contributed by atoms with Crippen LogP contribution >= 0.6 is 11.8 Å². The van der Waals surface area contributed by atoms with Crippen molar-refractivity contribution in [1.29, 1.82) is 0 Å². The lowest BCUT2D eigenvalue weighted by molar-refractivity contribution is 0.901. The van der Waals surface area contributed by atoms with Gasteiger partial charge in [-0.3, -0.25) is 0 Å². The summed E-state index contributed by atoms with van der Waals surface area (Å²) >= 11 is 2.07. The summed E-state index contributed by atoms with van der Waals surface area (Å²) in [6.45, 7) is 8.32. The smallest absolute Gasteiger partial charge is 0.0144 e. The van der Waals surface area contributed by atoms with Gasteiger partial charge in [-0.25, -0.2) is 0 Å². The molecule has 1 saturated carbocycles. The molecular formula is C8H14S. The fourth-order valence-corrected chi connectivity index (χ4v) is 2.62. The molecule has 0 radical (unpaired) electrons. The Balaban J connectivity index is 2.24. The van der Waals surface area contributed by atoms with Crippen LogP contribution in [0.1, 0.15) is 13.8 Å². The second-order valence-electron chi connectivity index (χ2n) is 2.59. The van der Waals surface area contributed by atoms with Crippen LogP contribution in [0.4, 0.5) is 0 Å². The molecule has 0 aliphatic heterocycles. The highest BCUT2D eigenvalue weighted by Gasteiger charge is 2.43. The molecule has 3 atom stereocenters. The van der Waals surface area contributed by atoms with E-state index in [1.54, 1.807) is 0 Å². The number of allylic oxidation sites excluding steroid dienone is 1. The lowest BCUT2D eigenvalue weighted by Gasteiger charge is -1.89. The van der Waals surface area contributed by atoms with Crippen molar-refractivity contribution in [3.8, 4) is 0 Å². The normalized spacial score (nSPS) is 40.4. The van der Waals surface area contributed by atoms with E-state index in [9.17, 15) is 0 Å². The summed E-state index contributed by atoms with van der Waals surface area (Å²) in [6.07, 6.45) is 2.10. The van der Waals surface area contributed by atoms with Gasteiger partial charge in [-0.1, -0.05) is 19.9 Å². The summed E-state index contributed by atoms with van der Waals surface area (Å²) in [4.78, 5) is 0. The molecule has 1 rings (SSSR count). The highest BCUT2D eigenvalue weighted by Crippen LogP contribution is 2.48. The van der Waals surface area contributed by atoms with Crippen LogP contribution in [0.3, 0.4) is 0 Å². The molecule has 1 heteroatoms. The summed E-state index contributed by atoms with van der Waals surface area (Å²) in [5.74, 6) is 2.96. The summed E-state index contributed by atoms with van der Waals surface area (Å²) in [6, 6.07) is 0. The first kappa shape index (κ1) is 7.20. The van der Waals surface area contributed by atoms with E-state index in [-0.39, 0.29) is 0 Å². The van der Waals surface area contributed by atoms with Gasteiger partial charge in [-0.2, -0.15) is 11.8 Å². The maximum absolute atomic E-state index is 3.79. The van der Waals surface area contributed by atoms with Crippen LogP contribution in [-0.2, 0) is 0 Å². The average molecular weight is 142 g/mol. The molecule has 1 fully saturated rings. The highest BCUT2D eigenvalue weighted by atomic mass is 32.2. The van der Waals surface area contributed by atoms with Crippen molar-refractivity contribution in [2.45, 2.75) is 19.1 Å². The zero-order valence-electron chi connectivity index (χ0n) is 6.13. The Hall–Kier alpha value is 0.0900. The predicted molar refractivity (Wildman–Crippen MR) is 44.8 cm³/mol. The summed E-state index contributed by atoms with van der Waals surface area (Å²) in [5, 5.41) is 0.896. The minimum atomic E-state index is 0.815. The predicted octanol–water partition coefficient (Wildman–Crippen LogP) is 2.56. The van der Waals surface area contributed by atoms with Crippen molar-refractivity contribution >= 4 is 11.8 Å².